The SMILES string of the molecule is CN(C(=O)Oc1ccc(Cl)cc1)[C@H]1CC[C@H](OCCCN2CCCC2)CC1. The molecule has 0 aromatic heterocycles. The molecule has 5 nitrogen and oxygen atoms in total. The van der Waals surface area contributed by atoms with Crippen LogP contribution in [0.3, 0.4) is 0 Å². The molecule has 1 saturated carbocycles. The fourth-order valence-electron chi connectivity index (χ4n) is 3.97. The van der Waals surface area contributed by atoms with Gasteiger partial charge in [0.25, 0.3) is 0 Å². The fraction of sp³-hybridized carbons (Fsp3) is 0.667. The van der Waals surface area contributed by atoms with Crippen molar-refractivity contribution in [2.24, 2.45) is 0 Å². The van der Waals surface area contributed by atoms with E-state index < -0.39 is 0 Å². The smallest absolute Gasteiger partial charge is 0.410 e. The lowest BCUT2D eigenvalue weighted by molar-refractivity contribution is 0.00896. The van der Waals surface area contributed by atoms with E-state index in [1.165, 1.54) is 25.9 Å². The molecule has 27 heavy (non-hydrogen) atoms. The highest BCUT2D eigenvalue weighted by atomic mass is 35.5. The zero-order chi connectivity index (χ0) is 19.1. The summed E-state index contributed by atoms with van der Waals surface area (Å²) in [6.45, 7) is 4.52. The molecule has 1 aromatic rings. The molecule has 2 aliphatic rings. The Morgan fingerprint density at radius 3 is 2.48 bits per heavy atom. The summed E-state index contributed by atoms with van der Waals surface area (Å²) in [5.41, 5.74) is 0. The van der Waals surface area contributed by atoms with E-state index in [4.69, 9.17) is 21.1 Å². The van der Waals surface area contributed by atoms with Crippen LogP contribution in [0.2, 0.25) is 5.02 Å². The van der Waals surface area contributed by atoms with Gasteiger partial charge < -0.3 is 19.3 Å². The summed E-state index contributed by atoms with van der Waals surface area (Å²) in [5.74, 6) is 0.520. The maximum atomic E-state index is 12.3. The number of likely N-dealkylation sites (tertiary alicyclic amines) is 1. The van der Waals surface area contributed by atoms with E-state index in [1.807, 2.05) is 7.05 Å². The predicted octanol–water partition coefficient (Wildman–Crippen LogP) is 4.58. The topological polar surface area (TPSA) is 42.0 Å². The zero-order valence-corrected chi connectivity index (χ0v) is 17.0. The van der Waals surface area contributed by atoms with Crippen molar-refractivity contribution in [3.05, 3.63) is 29.3 Å². The maximum absolute atomic E-state index is 12.3. The van der Waals surface area contributed by atoms with Crippen LogP contribution in [0, 0.1) is 0 Å². The summed E-state index contributed by atoms with van der Waals surface area (Å²) in [6, 6.07) is 7.07. The number of amides is 1. The monoisotopic (exact) mass is 394 g/mol. The Hall–Kier alpha value is -1.30. The van der Waals surface area contributed by atoms with E-state index in [0.29, 0.717) is 16.9 Å². The lowest BCUT2D eigenvalue weighted by Crippen LogP contribution is -2.42. The first-order valence-electron chi connectivity index (χ1n) is 10.2. The molecule has 1 saturated heterocycles. The first kappa shape index (κ1) is 20.4. The average Bonchev–Trinajstić information content (AvgIpc) is 3.20. The number of hydrogen-bond acceptors (Lipinski definition) is 4. The lowest BCUT2D eigenvalue weighted by Gasteiger charge is -2.34. The molecule has 2 fully saturated rings. The van der Waals surface area contributed by atoms with Crippen molar-refractivity contribution >= 4 is 17.7 Å². The van der Waals surface area contributed by atoms with Gasteiger partial charge in [-0.05, 0) is 82.3 Å². The number of halogens is 1. The molecule has 0 radical (unpaired) electrons. The van der Waals surface area contributed by atoms with Gasteiger partial charge in [-0.3, -0.25) is 0 Å². The second-order valence-electron chi connectivity index (χ2n) is 7.64. The number of carbonyl (C=O) groups is 1. The maximum Gasteiger partial charge on any atom is 0.415 e. The van der Waals surface area contributed by atoms with Crippen LogP contribution in [0.25, 0.3) is 0 Å². The summed E-state index contributed by atoms with van der Waals surface area (Å²) in [7, 11) is 1.82. The van der Waals surface area contributed by atoms with Gasteiger partial charge in [0.2, 0.25) is 0 Å². The molecule has 0 spiro atoms. The van der Waals surface area contributed by atoms with Crippen LogP contribution in [-0.2, 0) is 4.74 Å². The van der Waals surface area contributed by atoms with Gasteiger partial charge in [-0.25, -0.2) is 4.79 Å². The minimum absolute atomic E-state index is 0.217. The van der Waals surface area contributed by atoms with Crippen LogP contribution >= 0.6 is 11.6 Å². The fourth-order valence-corrected chi connectivity index (χ4v) is 4.09. The molecule has 1 aliphatic carbocycles. The molecule has 3 rings (SSSR count). The van der Waals surface area contributed by atoms with E-state index in [-0.39, 0.29) is 12.1 Å². The van der Waals surface area contributed by atoms with E-state index in [2.05, 4.69) is 4.90 Å². The zero-order valence-electron chi connectivity index (χ0n) is 16.2. The third-order valence-electron chi connectivity index (χ3n) is 5.67. The van der Waals surface area contributed by atoms with Crippen LogP contribution in [0.1, 0.15) is 44.9 Å². The van der Waals surface area contributed by atoms with Gasteiger partial charge in [0.05, 0.1) is 6.10 Å². The van der Waals surface area contributed by atoms with E-state index >= 15 is 0 Å². The highest BCUT2D eigenvalue weighted by molar-refractivity contribution is 6.30. The molecule has 0 bridgehead atoms. The van der Waals surface area contributed by atoms with Crippen LogP contribution in [0.15, 0.2) is 24.3 Å². The van der Waals surface area contributed by atoms with Gasteiger partial charge in [0.15, 0.2) is 0 Å². The average molecular weight is 395 g/mol. The standard InChI is InChI=1S/C21H31ClN2O3/c1-23(21(25)27-20-9-5-17(22)6-10-20)18-7-11-19(12-8-18)26-16-4-15-24-13-2-3-14-24/h5-6,9-10,18-19H,2-4,7-8,11-16H2,1H3/t18-,19-. The van der Waals surface area contributed by atoms with Gasteiger partial charge in [-0.15, -0.1) is 0 Å². The molecular weight excluding hydrogens is 364 g/mol. The molecule has 1 aliphatic heterocycles. The van der Waals surface area contributed by atoms with Crippen LogP contribution in [0.5, 0.6) is 5.75 Å². The Labute approximate surface area is 167 Å². The second kappa shape index (κ2) is 10.3. The van der Waals surface area contributed by atoms with Gasteiger partial charge in [0, 0.05) is 31.3 Å². The molecule has 1 amide bonds. The molecule has 1 aromatic carbocycles. The van der Waals surface area contributed by atoms with Crippen molar-refractivity contribution in [3.8, 4) is 5.75 Å². The molecule has 150 valence electrons. The minimum atomic E-state index is -0.313. The molecule has 0 atom stereocenters. The minimum Gasteiger partial charge on any atom is -0.410 e. The first-order chi connectivity index (χ1) is 13.1. The van der Waals surface area contributed by atoms with Crippen LogP contribution in [0.4, 0.5) is 4.79 Å². The summed E-state index contributed by atoms with van der Waals surface area (Å²) < 4.78 is 11.5. The summed E-state index contributed by atoms with van der Waals surface area (Å²) >= 11 is 5.86. The van der Waals surface area contributed by atoms with Gasteiger partial charge in [-0.1, -0.05) is 11.6 Å². The number of nitrogens with zero attached hydrogens (tertiary/aromatic N) is 2. The number of carbonyl (C=O) groups excluding carboxylic acids is 1. The Morgan fingerprint density at radius 1 is 1.15 bits per heavy atom. The Balaban J connectivity index is 1.32. The molecule has 0 N–H and O–H groups in total. The largest absolute Gasteiger partial charge is 0.415 e. The van der Waals surface area contributed by atoms with E-state index in [0.717, 1.165) is 45.3 Å². The van der Waals surface area contributed by atoms with Gasteiger partial charge >= 0.3 is 6.09 Å². The van der Waals surface area contributed by atoms with Crippen molar-refractivity contribution in [1.29, 1.82) is 0 Å². The van der Waals surface area contributed by atoms with Crippen molar-refractivity contribution < 1.29 is 14.3 Å². The second-order valence-corrected chi connectivity index (χ2v) is 8.07. The molecule has 1 heterocycles. The van der Waals surface area contributed by atoms with Crippen molar-refractivity contribution in [3.63, 3.8) is 0 Å². The molecule has 0 unspecified atom stereocenters. The number of ether oxygens (including phenoxy) is 2. The Kier molecular flexibility index (Phi) is 7.80. The summed E-state index contributed by atoms with van der Waals surface area (Å²) in [5, 5.41) is 0.627. The lowest BCUT2D eigenvalue weighted by atomic mass is 9.92. The summed E-state index contributed by atoms with van der Waals surface area (Å²) in [6.07, 6.45) is 7.77. The third kappa shape index (κ3) is 6.37. The molecule has 6 heteroatoms. The summed E-state index contributed by atoms with van der Waals surface area (Å²) in [4.78, 5) is 16.6. The third-order valence-corrected chi connectivity index (χ3v) is 5.92. The number of hydrogen-bond donors (Lipinski definition) is 0. The van der Waals surface area contributed by atoms with Crippen molar-refractivity contribution in [2.75, 3.05) is 33.3 Å². The molecular formula is C21H31ClN2O3. The Morgan fingerprint density at radius 2 is 1.81 bits per heavy atom. The number of rotatable bonds is 7. The van der Waals surface area contributed by atoms with E-state index in [1.54, 1.807) is 29.2 Å². The van der Waals surface area contributed by atoms with Crippen LogP contribution in [-0.4, -0.2) is 61.3 Å². The van der Waals surface area contributed by atoms with Crippen molar-refractivity contribution in [1.82, 2.24) is 9.80 Å². The van der Waals surface area contributed by atoms with Gasteiger partial charge in [-0.2, -0.15) is 0 Å². The highest BCUT2D eigenvalue weighted by Gasteiger charge is 2.28. The predicted molar refractivity (Wildman–Crippen MR) is 108 cm³/mol. The van der Waals surface area contributed by atoms with Crippen LogP contribution < -0.4 is 4.74 Å². The normalized spacial score (nSPS) is 23.3. The Bertz CT molecular complexity index is 582. The number of benzene rings is 1. The quantitative estimate of drug-likeness (QED) is 0.634. The van der Waals surface area contributed by atoms with E-state index in [9.17, 15) is 4.79 Å². The van der Waals surface area contributed by atoms with Gasteiger partial charge in [0.1, 0.15) is 5.75 Å². The first-order valence-corrected chi connectivity index (χ1v) is 10.5. The van der Waals surface area contributed by atoms with Crippen molar-refractivity contribution in [2.45, 2.75) is 57.1 Å². The highest BCUT2D eigenvalue weighted by Crippen LogP contribution is 2.25.